The standard InChI is InChI=1S/C12H24N2O5S/c1-12(2,3)19-11(16)9-20(17,18)8-10(15)14(4)7-5-6-13/h5-9,13H2,1-4H3. The van der Waals surface area contributed by atoms with Crippen LogP contribution in [0.3, 0.4) is 0 Å². The second kappa shape index (κ2) is 7.58. The number of esters is 1. The molecule has 0 aromatic rings. The summed E-state index contributed by atoms with van der Waals surface area (Å²) in [5, 5.41) is 0. The van der Waals surface area contributed by atoms with Gasteiger partial charge in [-0.2, -0.15) is 0 Å². The molecule has 0 unspecified atom stereocenters. The number of carbonyl (C=O) groups excluding carboxylic acids is 2. The number of ether oxygens (including phenoxy) is 1. The van der Waals surface area contributed by atoms with E-state index in [0.717, 1.165) is 0 Å². The third kappa shape index (κ3) is 8.87. The predicted molar refractivity (Wildman–Crippen MR) is 75.8 cm³/mol. The first-order valence-corrected chi connectivity index (χ1v) is 8.15. The summed E-state index contributed by atoms with van der Waals surface area (Å²) >= 11 is 0. The van der Waals surface area contributed by atoms with Gasteiger partial charge in [0.05, 0.1) is 0 Å². The molecule has 0 radical (unpaired) electrons. The summed E-state index contributed by atoms with van der Waals surface area (Å²) in [5.41, 5.74) is 4.56. The maximum atomic E-state index is 11.7. The molecule has 20 heavy (non-hydrogen) atoms. The van der Waals surface area contributed by atoms with Gasteiger partial charge in [-0.05, 0) is 33.7 Å². The smallest absolute Gasteiger partial charge is 0.321 e. The van der Waals surface area contributed by atoms with E-state index in [4.69, 9.17) is 10.5 Å². The van der Waals surface area contributed by atoms with Crippen LogP contribution in [-0.2, 0) is 24.2 Å². The molecule has 0 aliphatic heterocycles. The Balaban J connectivity index is 4.45. The highest BCUT2D eigenvalue weighted by atomic mass is 32.2. The van der Waals surface area contributed by atoms with E-state index in [1.54, 1.807) is 20.8 Å². The second-order valence-electron chi connectivity index (χ2n) is 5.58. The fourth-order valence-electron chi connectivity index (χ4n) is 1.35. The first kappa shape index (κ1) is 18.9. The Morgan fingerprint density at radius 2 is 1.75 bits per heavy atom. The van der Waals surface area contributed by atoms with E-state index in [-0.39, 0.29) is 0 Å². The minimum absolute atomic E-state index is 0.386. The van der Waals surface area contributed by atoms with Crippen molar-refractivity contribution in [3.8, 4) is 0 Å². The molecule has 0 aliphatic carbocycles. The molecule has 0 heterocycles. The second-order valence-corrected chi connectivity index (χ2v) is 7.64. The zero-order valence-electron chi connectivity index (χ0n) is 12.5. The van der Waals surface area contributed by atoms with Crippen LogP contribution in [0.1, 0.15) is 27.2 Å². The minimum atomic E-state index is -3.82. The van der Waals surface area contributed by atoms with E-state index in [9.17, 15) is 18.0 Å². The van der Waals surface area contributed by atoms with Crippen molar-refractivity contribution in [3.05, 3.63) is 0 Å². The van der Waals surface area contributed by atoms with Crippen molar-refractivity contribution in [1.82, 2.24) is 4.90 Å². The summed E-state index contributed by atoms with van der Waals surface area (Å²) in [6.07, 6.45) is 0.592. The fourth-order valence-corrected chi connectivity index (χ4v) is 2.47. The van der Waals surface area contributed by atoms with E-state index >= 15 is 0 Å². The van der Waals surface area contributed by atoms with Crippen LogP contribution < -0.4 is 5.73 Å². The van der Waals surface area contributed by atoms with Crippen LogP contribution in [0.5, 0.6) is 0 Å². The third-order valence-corrected chi connectivity index (χ3v) is 3.59. The SMILES string of the molecule is CN(CCCN)C(=O)CS(=O)(=O)CC(=O)OC(C)(C)C. The number of sulfone groups is 1. The van der Waals surface area contributed by atoms with Crippen LogP contribution in [0.2, 0.25) is 0 Å². The minimum Gasteiger partial charge on any atom is -0.459 e. The van der Waals surface area contributed by atoms with Crippen molar-refractivity contribution in [1.29, 1.82) is 0 Å². The van der Waals surface area contributed by atoms with Gasteiger partial charge in [-0.25, -0.2) is 8.42 Å². The Morgan fingerprint density at radius 3 is 2.20 bits per heavy atom. The van der Waals surface area contributed by atoms with Gasteiger partial charge < -0.3 is 15.4 Å². The highest BCUT2D eigenvalue weighted by Crippen LogP contribution is 2.08. The van der Waals surface area contributed by atoms with Crippen LogP contribution in [0, 0.1) is 0 Å². The molecule has 0 atom stereocenters. The average molecular weight is 308 g/mol. The lowest BCUT2D eigenvalue weighted by atomic mass is 10.2. The molecule has 0 rings (SSSR count). The van der Waals surface area contributed by atoms with Crippen molar-refractivity contribution in [2.24, 2.45) is 5.73 Å². The van der Waals surface area contributed by atoms with Crippen molar-refractivity contribution in [2.75, 3.05) is 31.6 Å². The molecule has 7 nitrogen and oxygen atoms in total. The zero-order chi connectivity index (χ0) is 16.0. The Morgan fingerprint density at radius 1 is 1.20 bits per heavy atom. The number of rotatable bonds is 7. The van der Waals surface area contributed by atoms with Crippen molar-refractivity contribution >= 4 is 21.7 Å². The average Bonchev–Trinajstić information content (AvgIpc) is 2.20. The summed E-state index contributed by atoms with van der Waals surface area (Å²) in [4.78, 5) is 24.4. The molecule has 1 amide bonds. The van der Waals surface area contributed by atoms with Crippen molar-refractivity contribution < 1.29 is 22.7 Å². The Kier molecular flexibility index (Phi) is 7.15. The molecule has 118 valence electrons. The Bertz CT molecular complexity index is 439. The number of nitrogens with zero attached hydrogens (tertiary/aromatic N) is 1. The van der Waals surface area contributed by atoms with Gasteiger partial charge >= 0.3 is 5.97 Å². The predicted octanol–water partition coefficient (Wildman–Crippen LogP) is -0.450. The molecule has 2 N–H and O–H groups in total. The maximum Gasteiger partial charge on any atom is 0.321 e. The molecule has 8 heteroatoms. The lowest BCUT2D eigenvalue weighted by Gasteiger charge is -2.20. The fraction of sp³-hybridized carbons (Fsp3) is 0.833. The summed E-state index contributed by atoms with van der Waals surface area (Å²) in [7, 11) is -2.32. The molecule has 0 saturated carbocycles. The lowest BCUT2D eigenvalue weighted by molar-refractivity contribution is -0.151. The highest BCUT2D eigenvalue weighted by Gasteiger charge is 2.26. The topological polar surface area (TPSA) is 107 Å². The number of nitrogens with two attached hydrogens (primary N) is 1. The Labute approximate surface area is 120 Å². The highest BCUT2D eigenvalue weighted by molar-refractivity contribution is 7.92. The van der Waals surface area contributed by atoms with Gasteiger partial charge in [0, 0.05) is 13.6 Å². The molecule has 0 bridgehead atoms. The van der Waals surface area contributed by atoms with Gasteiger partial charge in [0.25, 0.3) is 0 Å². The normalized spacial score (nSPS) is 12.1. The summed E-state index contributed by atoms with van der Waals surface area (Å²) < 4.78 is 28.4. The van der Waals surface area contributed by atoms with E-state index < -0.39 is 38.8 Å². The van der Waals surface area contributed by atoms with Gasteiger partial charge in [0.1, 0.15) is 17.1 Å². The number of amides is 1. The van der Waals surface area contributed by atoms with E-state index in [2.05, 4.69) is 0 Å². The van der Waals surface area contributed by atoms with Gasteiger partial charge in [-0.15, -0.1) is 0 Å². The van der Waals surface area contributed by atoms with Gasteiger partial charge in [-0.1, -0.05) is 0 Å². The van der Waals surface area contributed by atoms with Gasteiger partial charge in [-0.3, -0.25) is 9.59 Å². The molecular weight excluding hydrogens is 284 g/mol. The molecule has 0 aliphatic rings. The molecule has 0 fully saturated rings. The van der Waals surface area contributed by atoms with E-state index in [0.29, 0.717) is 19.5 Å². The van der Waals surface area contributed by atoms with Crippen LogP contribution in [0.25, 0.3) is 0 Å². The van der Waals surface area contributed by atoms with Gasteiger partial charge in [0.15, 0.2) is 9.84 Å². The molecule has 0 aromatic carbocycles. The first-order chi connectivity index (χ1) is 8.97. The number of carbonyl (C=O) groups is 2. The van der Waals surface area contributed by atoms with Crippen LogP contribution in [-0.4, -0.2) is 62.4 Å². The quantitative estimate of drug-likeness (QED) is 0.638. The summed E-state index contributed by atoms with van der Waals surface area (Å²) in [5.74, 6) is -2.90. The Hall–Kier alpha value is -1.15. The lowest BCUT2D eigenvalue weighted by Crippen LogP contribution is -2.36. The van der Waals surface area contributed by atoms with Crippen molar-refractivity contribution in [2.45, 2.75) is 32.8 Å². The van der Waals surface area contributed by atoms with Crippen LogP contribution in [0.15, 0.2) is 0 Å². The van der Waals surface area contributed by atoms with Crippen LogP contribution in [0.4, 0.5) is 0 Å². The summed E-state index contributed by atoms with van der Waals surface area (Å²) in [6, 6.07) is 0. The molecule has 0 spiro atoms. The largest absolute Gasteiger partial charge is 0.459 e. The zero-order valence-corrected chi connectivity index (χ0v) is 13.3. The maximum absolute atomic E-state index is 11.7. The molecule has 0 aromatic heterocycles. The number of hydrogen-bond acceptors (Lipinski definition) is 6. The van der Waals surface area contributed by atoms with Gasteiger partial charge in [0.2, 0.25) is 5.91 Å². The van der Waals surface area contributed by atoms with Crippen molar-refractivity contribution in [3.63, 3.8) is 0 Å². The first-order valence-electron chi connectivity index (χ1n) is 6.33. The monoisotopic (exact) mass is 308 g/mol. The van der Waals surface area contributed by atoms with E-state index in [1.807, 2.05) is 0 Å². The molecular formula is C12H24N2O5S. The number of hydrogen-bond donors (Lipinski definition) is 1. The summed E-state index contributed by atoms with van der Waals surface area (Å²) in [6.45, 7) is 5.73. The third-order valence-electron chi connectivity index (χ3n) is 2.22. The van der Waals surface area contributed by atoms with E-state index in [1.165, 1.54) is 11.9 Å². The molecule has 0 saturated heterocycles. The van der Waals surface area contributed by atoms with Crippen LogP contribution >= 0.6 is 0 Å².